The maximum atomic E-state index is 12.7. The Morgan fingerprint density at radius 2 is 1.51 bits per heavy atom. The van der Waals surface area contributed by atoms with E-state index in [0.29, 0.717) is 24.6 Å². The van der Waals surface area contributed by atoms with Crippen molar-refractivity contribution in [2.24, 2.45) is 0 Å². The van der Waals surface area contributed by atoms with Crippen LogP contribution in [0.15, 0.2) is 78.9 Å². The van der Waals surface area contributed by atoms with Crippen molar-refractivity contribution >= 4 is 21.6 Å². The molecule has 0 aliphatic carbocycles. The lowest BCUT2D eigenvalue weighted by Crippen LogP contribution is -2.40. The van der Waals surface area contributed by atoms with Gasteiger partial charge in [0.1, 0.15) is 18.9 Å². The molecule has 0 spiro atoms. The number of carbonyl (C=O) groups excluding carboxylic acids is 1. The second-order valence-electron chi connectivity index (χ2n) is 9.47. The molecule has 0 atom stereocenters. The molecular weight excluding hydrogens is 486 g/mol. The third-order valence-electron chi connectivity index (χ3n) is 6.43. The fourth-order valence-corrected chi connectivity index (χ4v) is 5.23. The van der Waals surface area contributed by atoms with E-state index in [0.717, 1.165) is 41.3 Å². The van der Waals surface area contributed by atoms with Gasteiger partial charge in [0.15, 0.2) is 0 Å². The Morgan fingerprint density at radius 1 is 0.865 bits per heavy atom. The number of carbonyl (C=O) groups is 1. The van der Waals surface area contributed by atoms with Gasteiger partial charge in [-0.1, -0.05) is 61.0 Å². The highest BCUT2D eigenvalue weighted by Gasteiger charge is 2.21. The van der Waals surface area contributed by atoms with Gasteiger partial charge in [0.05, 0.1) is 11.9 Å². The van der Waals surface area contributed by atoms with Crippen LogP contribution in [0.4, 0.5) is 5.69 Å². The quantitative estimate of drug-likeness (QED) is 0.406. The van der Waals surface area contributed by atoms with E-state index in [1.54, 1.807) is 24.3 Å². The van der Waals surface area contributed by atoms with Crippen molar-refractivity contribution in [2.45, 2.75) is 39.0 Å². The van der Waals surface area contributed by atoms with Crippen LogP contribution >= 0.6 is 0 Å². The second-order valence-corrected chi connectivity index (χ2v) is 11.4. The maximum absolute atomic E-state index is 12.7. The minimum absolute atomic E-state index is 0.296. The van der Waals surface area contributed by atoms with Crippen molar-refractivity contribution in [1.29, 1.82) is 0 Å². The fourth-order valence-electron chi connectivity index (χ4n) is 4.37. The first-order valence-electron chi connectivity index (χ1n) is 12.7. The molecule has 1 aliphatic heterocycles. The minimum Gasteiger partial charge on any atom is -0.489 e. The Balaban J connectivity index is 1.29. The fraction of sp³-hybridized carbons (Fsp3) is 0.345. The standard InChI is InChI=1S/C29H35N3O4S/c1-37(34,35)32(27-14-16-28(17-15-27)36-23-26-8-4-2-5-9-26)22-29(33)30-20-24-10-12-25(13-11-24)21-31-18-6-3-7-19-31/h2,4-5,8-17H,3,6-7,18-23H2,1H3,(H,30,33). The highest BCUT2D eigenvalue weighted by atomic mass is 32.2. The Kier molecular flexibility index (Phi) is 9.19. The van der Waals surface area contributed by atoms with E-state index in [-0.39, 0.29) is 12.5 Å². The lowest BCUT2D eigenvalue weighted by molar-refractivity contribution is -0.119. The van der Waals surface area contributed by atoms with Gasteiger partial charge in [-0.05, 0) is 66.9 Å². The summed E-state index contributed by atoms with van der Waals surface area (Å²) >= 11 is 0. The first kappa shape index (κ1) is 26.7. The van der Waals surface area contributed by atoms with E-state index in [1.165, 1.54) is 24.8 Å². The molecule has 37 heavy (non-hydrogen) atoms. The van der Waals surface area contributed by atoms with Gasteiger partial charge in [-0.15, -0.1) is 0 Å². The zero-order valence-electron chi connectivity index (χ0n) is 21.3. The summed E-state index contributed by atoms with van der Waals surface area (Å²) in [5.41, 5.74) is 3.68. The molecule has 0 bridgehead atoms. The summed E-state index contributed by atoms with van der Waals surface area (Å²) in [7, 11) is -3.66. The minimum atomic E-state index is -3.66. The number of ether oxygens (including phenoxy) is 1. The summed E-state index contributed by atoms with van der Waals surface area (Å²) in [5.74, 6) is 0.251. The average molecular weight is 522 g/mol. The van der Waals surface area contributed by atoms with E-state index in [4.69, 9.17) is 4.74 Å². The summed E-state index contributed by atoms with van der Waals surface area (Å²) in [6, 6.07) is 24.7. The third kappa shape index (κ3) is 8.33. The van der Waals surface area contributed by atoms with Gasteiger partial charge in [0.2, 0.25) is 15.9 Å². The molecule has 4 rings (SSSR count). The van der Waals surface area contributed by atoms with E-state index in [2.05, 4.69) is 22.3 Å². The summed E-state index contributed by atoms with van der Waals surface area (Å²) < 4.78 is 31.8. The Bertz CT molecular complexity index is 1240. The van der Waals surface area contributed by atoms with E-state index < -0.39 is 10.0 Å². The number of nitrogens with zero attached hydrogens (tertiary/aromatic N) is 2. The molecule has 1 fully saturated rings. The number of anilines is 1. The molecule has 196 valence electrons. The second kappa shape index (κ2) is 12.7. The molecule has 3 aromatic carbocycles. The molecular formula is C29H35N3O4S. The molecule has 0 unspecified atom stereocenters. The van der Waals surface area contributed by atoms with Crippen LogP contribution in [0.2, 0.25) is 0 Å². The molecule has 0 radical (unpaired) electrons. The van der Waals surface area contributed by atoms with Crippen LogP contribution in [0, 0.1) is 0 Å². The van der Waals surface area contributed by atoms with E-state index >= 15 is 0 Å². The number of hydrogen-bond donors (Lipinski definition) is 1. The molecule has 1 saturated heterocycles. The van der Waals surface area contributed by atoms with Gasteiger partial charge in [0, 0.05) is 13.1 Å². The number of hydrogen-bond acceptors (Lipinski definition) is 5. The molecule has 1 N–H and O–H groups in total. The maximum Gasteiger partial charge on any atom is 0.241 e. The topological polar surface area (TPSA) is 79.0 Å². The summed E-state index contributed by atoms with van der Waals surface area (Å²) in [6.45, 7) is 3.71. The van der Waals surface area contributed by atoms with Gasteiger partial charge < -0.3 is 10.1 Å². The monoisotopic (exact) mass is 521 g/mol. The first-order chi connectivity index (χ1) is 17.9. The number of sulfonamides is 1. The highest BCUT2D eigenvalue weighted by molar-refractivity contribution is 7.92. The van der Waals surface area contributed by atoms with Gasteiger partial charge in [-0.3, -0.25) is 14.0 Å². The zero-order valence-corrected chi connectivity index (χ0v) is 22.1. The number of benzene rings is 3. The van der Waals surface area contributed by atoms with Crippen molar-refractivity contribution in [3.8, 4) is 5.75 Å². The Hall–Kier alpha value is -3.36. The zero-order chi connectivity index (χ0) is 26.1. The number of piperidine rings is 1. The van der Waals surface area contributed by atoms with E-state index in [1.807, 2.05) is 42.5 Å². The van der Waals surface area contributed by atoms with Crippen LogP contribution in [0.5, 0.6) is 5.75 Å². The molecule has 1 aliphatic rings. The predicted molar refractivity (Wildman–Crippen MR) is 147 cm³/mol. The smallest absolute Gasteiger partial charge is 0.241 e. The van der Waals surface area contributed by atoms with Crippen LogP contribution in [0.3, 0.4) is 0 Å². The van der Waals surface area contributed by atoms with Crippen LogP contribution in [0.25, 0.3) is 0 Å². The number of likely N-dealkylation sites (tertiary alicyclic amines) is 1. The van der Waals surface area contributed by atoms with Crippen LogP contribution in [0.1, 0.15) is 36.0 Å². The lowest BCUT2D eigenvalue weighted by Gasteiger charge is -2.26. The molecule has 8 heteroatoms. The summed E-state index contributed by atoms with van der Waals surface area (Å²) in [6.07, 6.45) is 4.95. The van der Waals surface area contributed by atoms with Crippen molar-refractivity contribution in [1.82, 2.24) is 10.2 Å². The van der Waals surface area contributed by atoms with Gasteiger partial charge in [-0.25, -0.2) is 8.42 Å². The summed E-state index contributed by atoms with van der Waals surface area (Å²) in [4.78, 5) is 15.1. The number of amides is 1. The largest absolute Gasteiger partial charge is 0.489 e. The Morgan fingerprint density at radius 3 is 2.16 bits per heavy atom. The number of rotatable bonds is 11. The number of nitrogens with one attached hydrogen (secondary N) is 1. The summed E-state index contributed by atoms with van der Waals surface area (Å²) in [5, 5.41) is 2.84. The molecule has 7 nitrogen and oxygen atoms in total. The molecule has 1 heterocycles. The molecule has 1 amide bonds. The average Bonchev–Trinajstić information content (AvgIpc) is 2.91. The van der Waals surface area contributed by atoms with Crippen molar-refractivity contribution in [3.63, 3.8) is 0 Å². The molecule has 3 aromatic rings. The Labute approximate surface area is 220 Å². The van der Waals surface area contributed by atoms with E-state index in [9.17, 15) is 13.2 Å². The van der Waals surface area contributed by atoms with Crippen LogP contribution in [-0.4, -0.2) is 45.1 Å². The SMILES string of the molecule is CS(=O)(=O)N(CC(=O)NCc1ccc(CN2CCCCC2)cc1)c1ccc(OCc2ccccc2)cc1. The third-order valence-corrected chi connectivity index (χ3v) is 7.57. The van der Waals surface area contributed by atoms with Crippen LogP contribution < -0.4 is 14.4 Å². The van der Waals surface area contributed by atoms with Gasteiger partial charge >= 0.3 is 0 Å². The highest BCUT2D eigenvalue weighted by Crippen LogP contribution is 2.22. The molecule has 0 saturated carbocycles. The predicted octanol–water partition coefficient (Wildman–Crippen LogP) is 4.33. The van der Waals surface area contributed by atoms with Crippen molar-refractivity contribution < 1.29 is 17.9 Å². The van der Waals surface area contributed by atoms with Crippen molar-refractivity contribution in [3.05, 3.63) is 95.6 Å². The van der Waals surface area contributed by atoms with Crippen molar-refractivity contribution in [2.75, 3.05) is 30.2 Å². The van der Waals surface area contributed by atoms with Crippen LogP contribution in [-0.2, 0) is 34.5 Å². The molecule has 0 aromatic heterocycles. The van der Waals surface area contributed by atoms with Gasteiger partial charge in [0.25, 0.3) is 0 Å². The lowest BCUT2D eigenvalue weighted by atomic mass is 10.1. The first-order valence-corrected chi connectivity index (χ1v) is 14.5. The normalized spacial score (nSPS) is 14.2. The van der Waals surface area contributed by atoms with Gasteiger partial charge in [-0.2, -0.15) is 0 Å².